The number of rotatable bonds is 7. The van der Waals surface area contributed by atoms with Gasteiger partial charge < -0.3 is 14.0 Å². The number of pyridine rings is 1. The molecular weight excluding hydrogens is 651 g/mol. The molecule has 0 N–H and O–H groups in total. The Balaban J connectivity index is 0.00000357. The van der Waals surface area contributed by atoms with Crippen LogP contribution in [0.2, 0.25) is 0 Å². The van der Waals surface area contributed by atoms with Crippen LogP contribution in [0.15, 0.2) is 97.2 Å². The molecule has 0 saturated heterocycles. The van der Waals surface area contributed by atoms with E-state index in [1.165, 1.54) is 0 Å². The van der Waals surface area contributed by atoms with Crippen LogP contribution in [0.25, 0.3) is 44.4 Å². The van der Waals surface area contributed by atoms with E-state index >= 15 is 0 Å². The Morgan fingerprint density at radius 2 is 1.58 bits per heavy atom. The molecule has 0 radical (unpaired) electrons. The van der Waals surface area contributed by atoms with Crippen molar-refractivity contribution in [3.8, 4) is 39.9 Å². The van der Waals surface area contributed by atoms with Gasteiger partial charge in [0.1, 0.15) is 11.6 Å². The van der Waals surface area contributed by atoms with Gasteiger partial charge in [0.25, 0.3) is 0 Å². The summed E-state index contributed by atoms with van der Waals surface area (Å²) in [4.78, 5) is 4.67. The molecule has 0 spiro atoms. The van der Waals surface area contributed by atoms with Crippen molar-refractivity contribution in [3.05, 3.63) is 126 Å². The van der Waals surface area contributed by atoms with E-state index in [2.05, 4.69) is 104 Å². The molecule has 4 aromatic carbocycles. The number of hydrogen-bond acceptors (Lipinski definition) is 4. The number of para-hydroxylation sites is 1. The third-order valence-corrected chi connectivity index (χ3v) is 8.06. The first-order valence-corrected chi connectivity index (χ1v) is 14.7. The maximum Gasteiger partial charge on any atom is 2.00 e. The predicted octanol–water partition coefficient (Wildman–Crippen LogP) is 9.17. The summed E-state index contributed by atoms with van der Waals surface area (Å²) in [5.74, 6) is 2.96. The molecule has 0 fully saturated rings. The zero-order valence-electron chi connectivity index (χ0n) is 25.7. The largest absolute Gasteiger partial charge is 2.00 e. The molecule has 0 aliphatic rings. The van der Waals surface area contributed by atoms with Crippen LogP contribution in [0.5, 0.6) is 17.2 Å². The minimum absolute atomic E-state index is 0. The third kappa shape index (κ3) is 5.55. The monoisotopic (exact) mass is 682 g/mol. The van der Waals surface area contributed by atoms with Crippen molar-refractivity contribution in [3.63, 3.8) is 0 Å². The number of aryl methyl sites for hydroxylation is 1. The van der Waals surface area contributed by atoms with Gasteiger partial charge in [-0.3, -0.25) is 4.68 Å². The number of hydrogen-bond donors (Lipinski definition) is 0. The molecule has 0 aliphatic heterocycles. The Hall–Kier alpha value is -4.70. The summed E-state index contributed by atoms with van der Waals surface area (Å²) >= 11 is 0. The second kappa shape index (κ2) is 12.4. The summed E-state index contributed by atoms with van der Waals surface area (Å²) in [6.45, 7) is 8.51. The van der Waals surface area contributed by atoms with Gasteiger partial charge in [0.15, 0.2) is 0 Å². The van der Waals surface area contributed by atoms with Crippen molar-refractivity contribution in [1.29, 1.82) is 0 Å². The van der Waals surface area contributed by atoms with E-state index in [-0.39, 0.29) is 26.3 Å². The molecule has 0 amide bonds. The van der Waals surface area contributed by atoms with Crippen LogP contribution < -0.4 is 9.47 Å². The molecule has 0 aliphatic carbocycles. The summed E-state index contributed by atoms with van der Waals surface area (Å²) in [5, 5.41) is 7.11. The maximum atomic E-state index is 6.52. The second-order valence-electron chi connectivity index (χ2n) is 11.2. The van der Waals surface area contributed by atoms with Crippen LogP contribution in [0, 0.1) is 26.0 Å². The third-order valence-electron chi connectivity index (χ3n) is 8.06. The summed E-state index contributed by atoms with van der Waals surface area (Å²) in [6.07, 6.45) is 1.76. The standard InChI is InChI=1S/C38H32N4O2.Pd/c1-24(2)28-19-29(42-26(4)38(25(3)40-42)27-11-7-6-8-12-27)21-32(20-28)44-31-15-16-34-33-13-9-10-14-35(33)41(36(34)22-31)37-23-30(43-5)17-18-39-37;/h6-20,23-24H,1-5H3;/q-2;+2. The van der Waals surface area contributed by atoms with Crippen LogP contribution in [-0.4, -0.2) is 26.4 Å². The zero-order valence-corrected chi connectivity index (χ0v) is 27.3. The normalized spacial score (nSPS) is 11.2. The van der Waals surface area contributed by atoms with Crippen molar-refractivity contribution in [2.45, 2.75) is 33.6 Å². The van der Waals surface area contributed by atoms with Crippen LogP contribution in [0.1, 0.15) is 36.7 Å². The van der Waals surface area contributed by atoms with E-state index in [1.54, 1.807) is 13.3 Å². The van der Waals surface area contributed by atoms with Crippen LogP contribution in [0.4, 0.5) is 0 Å². The second-order valence-corrected chi connectivity index (χ2v) is 11.2. The smallest absolute Gasteiger partial charge is 0.509 e. The van der Waals surface area contributed by atoms with E-state index in [4.69, 9.17) is 14.6 Å². The fourth-order valence-corrected chi connectivity index (χ4v) is 5.89. The topological polar surface area (TPSA) is 54.1 Å². The number of ether oxygens (including phenoxy) is 2. The van der Waals surface area contributed by atoms with Gasteiger partial charge in [-0.2, -0.15) is 11.2 Å². The molecule has 7 heteroatoms. The van der Waals surface area contributed by atoms with Crippen molar-refractivity contribution < 1.29 is 29.9 Å². The minimum atomic E-state index is 0. The fourth-order valence-electron chi connectivity index (χ4n) is 5.89. The van der Waals surface area contributed by atoms with Crippen molar-refractivity contribution >= 4 is 21.8 Å². The summed E-state index contributed by atoms with van der Waals surface area (Å²) in [6, 6.07) is 37.7. The Labute approximate surface area is 276 Å². The van der Waals surface area contributed by atoms with Crippen LogP contribution >= 0.6 is 0 Å². The summed E-state index contributed by atoms with van der Waals surface area (Å²) < 4.78 is 16.1. The molecular formula is C38H32N4O2Pd. The first-order valence-electron chi connectivity index (χ1n) is 14.7. The van der Waals surface area contributed by atoms with Crippen molar-refractivity contribution in [2.75, 3.05) is 7.11 Å². The molecule has 7 rings (SSSR count). The predicted molar refractivity (Wildman–Crippen MR) is 175 cm³/mol. The van der Waals surface area contributed by atoms with Gasteiger partial charge >= 0.3 is 20.4 Å². The number of fused-ring (bicyclic) bond motifs is 3. The molecule has 226 valence electrons. The van der Waals surface area contributed by atoms with Gasteiger partial charge in [0, 0.05) is 40.5 Å². The SMILES string of the molecule is COc1ccnc(-n2c3[c-]c(Oc4[c-]c(-n5nc(C)c(-c6ccccc6)c5C)cc(C(C)C)c4)ccc3c3ccccc32)c1.[Pd+2]. The number of aromatic nitrogens is 4. The molecule has 7 aromatic rings. The maximum absolute atomic E-state index is 6.52. The van der Waals surface area contributed by atoms with Crippen LogP contribution in [-0.2, 0) is 20.4 Å². The number of methoxy groups -OCH3 is 1. The van der Waals surface area contributed by atoms with Gasteiger partial charge in [-0.05, 0) is 48.5 Å². The van der Waals surface area contributed by atoms with E-state index in [9.17, 15) is 0 Å². The summed E-state index contributed by atoms with van der Waals surface area (Å²) in [7, 11) is 1.66. The molecule has 0 unspecified atom stereocenters. The van der Waals surface area contributed by atoms with E-state index in [0.717, 1.165) is 67.1 Å². The van der Waals surface area contributed by atoms with Gasteiger partial charge in [-0.25, -0.2) is 4.98 Å². The van der Waals surface area contributed by atoms with Gasteiger partial charge in [-0.15, -0.1) is 41.3 Å². The number of benzene rings is 4. The van der Waals surface area contributed by atoms with Gasteiger partial charge in [0.05, 0.1) is 12.8 Å². The average Bonchev–Trinajstić information content (AvgIpc) is 3.53. The van der Waals surface area contributed by atoms with E-state index in [0.29, 0.717) is 11.5 Å². The first-order chi connectivity index (χ1) is 21.4. The molecule has 0 bridgehead atoms. The van der Waals surface area contributed by atoms with E-state index < -0.39 is 0 Å². The molecule has 45 heavy (non-hydrogen) atoms. The Bertz CT molecular complexity index is 2150. The molecule has 0 saturated carbocycles. The minimum Gasteiger partial charge on any atom is -0.509 e. The van der Waals surface area contributed by atoms with Gasteiger partial charge in [0.2, 0.25) is 0 Å². The Morgan fingerprint density at radius 3 is 2.36 bits per heavy atom. The van der Waals surface area contributed by atoms with Gasteiger partial charge in [-0.1, -0.05) is 67.9 Å². The summed E-state index contributed by atoms with van der Waals surface area (Å²) in [5.41, 5.74) is 8.19. The van der Waals surface area contributed by atoms with Crippen LogP contribution in [0.3, 0.4) is 0 Å². The average molecular weight is 683 g/mol. The molecule has 0 atom stereocenters. The van der Waals surface area contributed by atoms with E-state index in [1.807, 2.05) is 41.1 Å². The Morgan fingerprint density at radius 1 is 0.800 bits per heavy atom. The quantitative estimate of drug-likeness (QED) is 0.124. The zero-order chi connectivity index (χ0) is 30.4. The fraction of sp³-hybridized carbons (Fsp3) is 0.158. The molecule has 3 heterocycles. The Kier molecular flexibility index (Phi) is 8.33. The van der Waals surface area contributed by atoms with Crippen molar-refractivity contribution in [2.24, 2.45) is 0 Å². The first kappa shape index (κ1) is 30.3. The van der Waals surface area contributed by atoms with Crippen molar-refractivity contribution in [1.82, 2.24) is 19.3 Å². The molecule has 6 nitrogen and oxygen atoms in total. The molecule has 3 aromatic heterocycles. The number of nitrogens with zero attached hydrogens (tertiary/aromatic N) is 4.